The molecule has 0 N–H and O–H groups in total. The molecule has 0 saturated heterocycles. The van der Waals surface area contributed by atoms with Gasteiger partial charge in [0.05, 0.1) is 4.90 Å². The fraction of sp³-hybridized carbons (Fsp3) is 0.400. The minimum atomic E-state index is -4.27. The van der Waals surface area contributed by atoms with E-state index in [4.69, 9.17) is 0 Å². The molecule has 0 aliphatic rings. The Morgan fingerprint density at radius 2 is 1.19 bits per heavy atom. The van der Waals surface area contributed by atoms with Gasteiger partial charge >= 0.3 is 0 Å². The highest BCUT2D eigenvalue weighted by atomic mass is 32.2. The monoisotopic (exact) mass is 606 g/mol. The molecule has 0 saturated carbocycles. The summed E-state index contributed by atoms with van der Waals surface area (Å²) in [7, 11) is -2.21. The average Bonchev–Trinajstić information content (AvgIpc) is 3.47. The lowest BCUT2D eigenvalue weighted by molar-refractivity contribution is -0.671. The predicted octanol–water partition coefficient (Wildman–Crippen LogP) is 8.77. The highest BCUT2D eigenvalue weighted by Gasteiger charge is 2.09. The summed E-state index contributed by atoms with van der Waals surface area (Å²) in [4.78, 5) is 5.10. The van der Waals surface area contributed by atoms with Crippen LogP contribution >= 0.6 is 11.3 Å². The van der Waals surface area contributed by atoms with Crippen LogP contribution in [0.25, 0.3) is 20.9 Å². The van der Waals surface area contributed by atoms with Crippen LogP contribution in [0.5, 0.6) is 0 Å². The molecule has 0 aliphatic carbocycles. The number of aromatic nitrogens is 1. The second kappa shape index (κ2) is 17.2. The zero-order chi connectivity index (χ0) is 30.4. The maximum atomic E-state index is 10.4. The number of hydrogen-bond acceptors (Lipinski definition) is 5. The second-order valence-electron chi connectivity index (χ2n) is 10.8. The highest BCUT2D eigenvalue weighted by Crippen LogP contribution is 2.35. The molecule has 4 rings (SSSR count). The summed E-state index contributed by atoms with van der Waals surface area (Å²) in [5, 5.41) is 0. The van der Waals surface area contributed by atoms with E-state index in [1.807, 2.05) is 18.3 Å². The smallest absolute Gasteiger partial charge is 0.169 e. The van der Waals surface area contributed by atoms with Gasteiger partial charge < -0.3 is 9.45 Å². The van der Waals surface area contributed by atoms with Gasteiger partial charge in [-0.2, -0.15) is 0 Å². The Kier molecular flexibility index (Phi) is 13.7. The molecule has 42 heavy (non-hydrogen) atoms. The number of rotatable bonds is 14. The number of hydrogen-bond donors (Lipinski definition) is 0. The lowest BCUT2D eigenvalue weighted by atomic mass is 10.1. The molecule has 2 aromatic heterocycles. The third-order valence-electron chi connectivity index (χ3n) is 7.26. The van der Waals surface area contributed by atoms with Gasteiger partial charge in [-0.1, -0.05) is 82.2 Å². The second-order valence-corrected chi connectivity index (χ2v) is 13.3. The van der Waals surface area contributed by atoms with Crippen LogP contribution < -0.4 is 9.47 Å². The summed E-state index contributed by atoms with van der Waals surface area (Å²) in [6, 6.07) is 23.9. The van der Waals surface area contributed by atoms with E-state index in [9.17, 15) is 13.0 Å². The van der Waals surface area contributed by atoms with Gasteiger partial charge in [-0.05, 0) is 61.7 Å². The molecule has 226 valence electrons. The Labute approximate surface area is 257 Å². The van der Waals surface area contributed by atoms with Crippen molar-refractivity contribution in [2.75, 3.05) is 18.0 Å². The van der Waals surface area contributed by atoms with E-state index in [1.165, 1.54) is 103 Å². The van der Waals surface area contributed by atoms with E-state index < -0.39 is 10.1 Å². The number of pyridine rings is 1. The molecule has 0 fully saturated rings. The molecule has 0 radical (unpaired) electrons. The first-order valence-corrected chi connectivity index (χ1v) is 17.4. The Hall–Kier alpha value is -3.00. The van der Waals surface area contributed by atoms with E-state index in [0.29, 0.717) is 0 Å². The molecule has 0 bridgehead atoms. The van der Waals surface area contributed by atoms with Crippen LogP contribution in [0.15, 0.2) is 90.1 Å². The normalized spacial score (nSPS) is 11.2. The minimum absolute atomic E-state index is 0.178. The number of thiophene rings is 1. The molecular weight excluding hydrogens is 561 g/mol. The number of nitrogens with zero attached hydrogens (tertiary/aromatic N) is 2. The SMILES string of the molecule is CCCCCCN(CCCCCC)c1ccc(-c2ccc(-c3cc[n+](C)cc3)s2)cc1.Cc1ccc(S(=O)(=O)[O-])cc1. The van der Waals surface area contributed by atoms with Gasteiger partial charge in [-0.3, -0.25) is 0 Å². The lowest BCUT2D eigenvalue weighted by Gasteiger charge is -2.25. The zero-order valence-electron chi connectivity index (χ0n) is 25.6. The molecular formula is C35H46N2O3S2. The molecule has 0 amide bonds. The van der Waals surface area contributed by atoms with E-state index in [-0.39, 0.29) is 4.90 Å². The van der Waals surface area contributed by atoms with Crippen molar-refractivity contribution in [3.63, 3.8) is 0 Å². The Morgan fingerprint density at radius 3 is 1.67 bits per heavy atom. The van der Waals surface area contributed by atoms with Crippen LogP contribution in [0.3, 0.4) is 0 Å². The van der Waals surface area contributed by atoms with Crippen LogP contribution in [0.4, 0.5) is 5.69 Å². The Balaban J connectivity index is 0.000000369. The molecule has 7 heteroatoms. The van der Waals surface area contributed by atoms with Gasteiger partial charge in [-0.15, -0.1) is 11.3 Å². The highest BCUT2D eigenvalue weighted by molar-refractivity contribution is 7.85. The van der Waals surface area contributed by atoms with Crippen LogP contribution in [-0.4, -0.2) is 26.1 Å². The van der Waals surface area contributed by atoms with Crippen molar-refractivity contribution in [1.82, 2.24) is 0 Å². The molecule has 0 unspecified atom stereocenters. The first-order chi connectivity index (χ1) is 20.2. The van der Waals surface area contributed by atoms with Crippen molar-refractivity contribution in [3.05, 3.63) is 90.8 Å². The van der Waals surface area contributed by atoms with E-state index in [1.54, 1.807) is 12.1 Å². The topological polar surface area (TPSA) is 64.3 Å². The third kappa shape index (κ3) is 11.0. The summed E-state index contributed by atoms with van der Waals surface area (Å²) in [5.41, 5.74) is 4.91. The standard InChI is InChI=1S/C28H39N2S.C7H8O3S/c1-4-6-8-10-20-30(21-11-9-7-5-2)26-14-12-24(13-15-26)27-16-17-28(31-27)25-18-22-29(3)23-19-25;1-6-2-4-7(5-3-6)11(8,9)10/h12-19,22-23H,4-11,20-21H2,1-3H3;2-5H,1H3,(H,8,9,10)/q+1;/p-1. The van der Waals surface area contributed by atoms with Gasteiger partial charge in [0.25, 0.3) is 0 Å². The Bertz CT molecular complexity index is 1420. The quantitative estimate of drug-likeness (QED) is 0.0818. The zero-order valence-corrected chi connectivity index (χ0v) is 27.2. The molecule has 0 spiro atoms. The van der Waals surface area contributed by atoms with Crippen molar-refractivity contribution in [2.24, 2.45) is 7.05 Å². The van der Waals surface area contributed by atoms with Gasteiger partial charge in [0, 0.05) is 46.2 Å². The Morgan fingerprint density at radius 1 is 0.690 bits per heavy atom. The van der Waals surface area contributed by atoms with E-state index in [0.717, 1.165) is 5.56 Å². The maximum absolute atomic E-state index is 10.4. The van der Waals surface area contributed by atoms with Crippen molar-refractivity contribution < 1.29 is 17.5 Å². The number of aryl methyl sites for hydroxylation is 2. The average molecular weight is 607 g/mol. The van der Waals surface area contributed by atoms with Crippen molar-refractivity contribution >= 4 is 27.1 Å². The summed E-state index contributed by atoms with van der Waals surface area (Å²) >= 11 is 1.88. The summed E-state index contributed by atoms with van der Waals surface area (Å²) in [5.74, 6) is 0. The van der Waals surface area contributed by atoms with Crippen LogP contribution in [0.2, 0.25) is 0 Å². The van der Waals surface area contributed by atoms with Crippen LogP contribution in [-0.2, 0) is 17.2 Å². The van der Waals surface area contributed by atoms with Gasteiger partial charge in [-0.25, -0.2) is 13.0 Å². The number of anilines is 1. The first kappa shape index (κ1) is 33.5. The lowest BCUT2D eigenvalue weighted by Crippen LogP contribution is -2.25. The summed E-state index contributed by atoms with van der Waals surface area (Å²) in [6.07, 6.45) is 14.8. The molecule has 4 aromatic rings. The van der Waals surface area contributed by atoms with Crippen molar-refractivity contribution in [2.45, 2.75) is 77.0 Å². The van der Waals surface area contributed by atoms with Crippen molar-refractivity contribution in [3.8, 4) is 20.9 Å². The van der Waals surface area contributed by atoms with Crippen molar-refractivity contribution in [1.29, 1.82) is 0 Å². The molecule has 0 atom stereocenters. The minimum Gasteiger partial charge on any atom is -0.744 e. The van der Waals surface area contributed by atoms with Gasteiger partial charge in [0.15, 0.2) is 12.4 Å². The summed E-state index contributed by atoms with van der Waals surface area (Å²) in [6.45, 7) is 8.76. The summed E-state index contributed by atoms with van der Waals surface area (Å²) < 4.78 is 33.2. The van der Waals surface area contributed by atoms with Crippen LogP contribution in [0.1, 0.15) is 70.8 Å². The maximum Gasteiger partial charge on any atom is 0.169 e. The predicted molar refractivity (Wildman–Crippen MR) is 176 cm³/mol. The van der Waals surface area contributed by atoms with Crippen LogP contribution in [0, 0.1) is 6.92 Å². The number of benzene rings is 2. The van der Waals surface area contributed by atoms with Gasteiger partial charge in [0.1, 0.15) is 17.2 Å². The van der Waals surface area contributed by atoms with Gasteiger partial charge in [0.2, 0.25) is 0 Å². The molecule has 5 nitrogen and oxygen atoms in total. The fourth-order valence-corrected chi connectivity index (χ4v) is 6.17. The fourth-order valence-electron chi connectivity index (χ4n) is 4.68. The van der Waals surface area contributed by atoms with E-state index in [2.05, 4.69) is 91.3 Å². The number of unbranched alkanes of at least 4 members (excludes halogenated alkanes) is 6. The molecule has 0 aliphatic heterocycles. The molecule has 2 aromatic carbocycles. The first-order valence-electron chi connectivity index (χ1n) is 15.1. The third-order valence-corrected chi connectivity index (χ3v) is 9.29. The van der Waals surface area contributed by atoms with E-state index >= 15 is 0 Å². The largest absolute Gasteiger partial charge is 0.744 e. The molecule has 2 heterocycles.